The van der Waals surface area contributed by atoms with Gasteiger partial charge in [0.2, 0.25) is 0 Å². The summed E-state index contributed by atoms with van der Waals surface area (Å²) in [6, 6.07) is 9.51. The summed E-state index contributed by atoms with van der Waals surface area (Å²) in [5.74, 6) is 0. The van der Waals surface area contributed by atoms with Gasteiger partial charge >= 0.3 is 0 Å². The molecule has 0 atom stereocenters. The van der Waals surface area contributed by atoms with Crippen LogP contribution in [0.25, 0.3) is 22.2 Å². The van der Waals surface area contributed by atoms with Gasteiger partial charge in [-0.1, -0.05) is 23.7 Å². The number of H-pyrrole nitrogens is 1. The predicted octanol–water partition coefficient (Wildman–Crippen LogP) is 3.70. The van der Waals surface area contributed by atoms with Crippen molar-refractivity contribution in [1.29, 1.82) is 0 Å². The summed E-state index contributed by atoms with van der Waals surface area (Å²) in [6.07, 6.45) is 3.55. The first-order valence-corrected chi connectivity index (χ1v) is 5.26. The van der Waals surface area contributed by atoms with Crippen LogP contribution in [0.15, 0.2) is 42.7 Å². The Morgan fingerprint density at radius 3 is 2.59 bits per heavy atom. The van der Waals surface area contributed by atoms with Crippen molar-refractivity contribution in [3.05, 3.63) is 47.7 Å². The first-order chi connectivity index (χ1) is 7.84. The summed E-state index contributed by atoms with van der Waals surface area (Å²) in [5, 5.41) is 9.01. The lowest BCUT2D eigenvalue weighted by Crippen LogP contribution is -1.78. The normalized spacial score (nSPS) is 10.2. The molecular weight excluding hydrogens is 257 g/mol. The Bertz CT molecular complexity index is 632. The van der Waals surface area contributed by atoms with Gasteiger partial charge < -0.3 is 0 Å². The molecule has 5 heteroatoms. The summed E-state index contributed by atoms with van der Waals surface area (Å²) in [5.41, 5.74) is 2.92. The van der Waals surface area contributed by atoms with E-state index in [2.05, 4.69) is 15.2 Å². The topological polar surface area (TPSA) is 41.6 Å². The number of fused-ring (bicyclic) bond motifs is 1. The SMILES string of the molecule is Cl.Clc1ccc(-c2n[nH]c3ccncc23)cc1. The van der Waals surface area contributed by atoms with Gasteiger partial charge in [0.05, 0.1) is 5.52 Å². The van der Waals surface area contributed by atoms with E-state index in [-0.39, 0.29) is 12.4 Å². The average molecular weight is 266 g/mol. The fourth-order valence-electron chi connectivity index (χ4n) is 1.68. The van der Waals surface area contributed by atoms with Crippen LogP contribution in [0.1, 0.15) is 0 Å². The zero-order valence-corrected chi connectivity index (χ0v) is 10.3. The number of nitrogens with zero attached hydrogens (tertiary/aromatic N) is 2. The molecule has 0 radical (unpaired) electrons. The van der Waals surface area contributed by atoms with Crippen LogP contribution in [0, 0.1) is 0 Å². The summed E-state index contributed by atoms with van der Waals surface area (Å²) in [6.45, 7) is 0. The van der Waals surface area contributed by atoms with Gasteiger partial charge in [-0.25, -0.2) is 0 Å². The van der Waals surface area contributed by atoms with E-state index >= 15 is 0 Å². The van der Waals surface area contributed by atoms with E-state index in [1.807, 2.05) is 36.5 Å². The Balaban J connectivity index is 0.00000108. The van der Waals surface area contributed by atoms with E-state index in [1.165, 1.54) is 0 Å². The second-order valence-corrected chi connectivity index (χ2v) is 3.94. The largest absolute Gasteiger partial charge is 0.277 e. The summed E-state index contributed by atoms with van der Waals surface area (Å²) in [7, 11) is 0. The van der Waals surface area contributed by atoms with E-state index in [0.29, 0.717) is 0 Å². The van der Waals surface area contributed by atoms with E-state index in [1.54, 1.807) is 6.20 Å². The van der Waals surface area contributed by atoms with Crippen LogP contribution in [-0.4, -0.2) is 15.2 Å². The molecule has 0 amide bonds. The van der Waals surface area contributed by atoms with Crippen LogP contribution in [0.4, 0.5) is 0 Å². The van der Waals surface area contributed by atoms with Gasteiger partial charge in [-0.15, -0.1) is 12.4 Å². The predicted molar refractivity (Wildman–Crippen MR) is 71.6 cm³/mol. The molecule has 3 nitrogen and oxygen atoms in total. The number of hydrogen-bond donors (Lipinski definition) is 1. The van der Waals surface area contributed by atoms with Crippen LogP contribution in [0.3, 0.4) is 0 Å². The fourth-order valence-corrected chi connectivity index (χ4v) is 1.81. The molecule has 2 heterocycles. The number of pyridine rings is 1. The molecule has 0 fully saturated rings. The Morgan fingerprint density at radius 1 is 1.06 bits per heavy atom. The molecule has 0 bridgehead atoms. The van der Waals surface area contributed by atoms with Crippen molar-refractivity contribution in [2.45, 2.75) is 0 Å². The van der Waals surface area contributed by atoms with E-state index < -0.39 is 0 Å². The van der Waals surface area contributed by atoms with E-state index in [0.717, 1.165) is 27.2 Å². The molecule has 2 aromatic heterocycles. The Morgan fingerprint density at radius 2 is 1.82 bits per heavy atom. The monoisotopic (exact) mass is 265 g/mol. The smallest absolute Gasteiger partial charge is 0.101 e. The molecular formula is C12H9Cl2N3. The van der Waals surface area contributed by atoms with Crippen molar-refractivity contribution in [3.63, 3.8) is 0 Å². The van der Waals surface area contributed by atoms with Crippen LogP contribution in [0.5, 0.6) is 0 Å². The van der Waals surface area contributed by atoms with Crippen molar-refractivity contribution in [1.82, 2.24) is 15.2 Å². The van der Waals surface area contributed by atoms with Crippen molar-refractivity contribution >= 4 is 34.9 Å². The Labute approximate surface area is 109 Å². The first-order valence-electron chi connectivity index (χ1n) is 4.88. The molecule has 0 aliphatic carbocycles. The maximum absolute atomic E-state index is 5.85. The molecule has 86 valence electrons. The highest BCUT2D eigenvalue weighted by atomic mass is 35.5. The number of nitrogens with one attached hydrogen (secondary N) is 1. The van der Waals surface area contributed by atoms with Gasteiger partial charge in [0, 0.05) is 28.4 Å². The van der Waals surface area contributed by atoms with Crippen LogP contribution in [0.2, 0.25) is 5.02 Å². The highest BCUT2D eigenvalue weighted by molar-refractivity contribution is 6.30. The highest BCUT2D eigenvalue weighted by Gasteiger charge is 2.07. The number of halogens is 2. The van der Waals surface area contributed by atoms with E-state index in [9.17, 15) is 0 Å². The maximum Gasteiger partial charge on any atom is 0.101 e. The zero-order chi connectivity index (χ0) is 11.0. The van der Waals surface area contributed by atoms with Crippen LogP contribution >= 0.6 is 24.0 Å². The summed E-state index contributed by atoms with van der Waals surface area (Å²) >= 11 is 5.85. The van der Waals surface area contributed by atoms with Crippen molar-refractivity contribution in [2.24, 2.45) is 0 Å². The number of rotatable bonds is 1. The molecule has 0 aliphatic rings. The third-order valence-electron chi connectivity index (χ3n) is 2.48. The third-order valence-corrected chi connectivity index (χ3v) is 2.73. The third kappa shape index (κ3) is 2.12. The van der Waals surface area contributed by atoms with Gasteiger partial charge in [0.15, 0.2) is 0 Å². The van der Waals surface area contributed by atoms with Gasteiger partial charge in [-0.2, -0.15) is 5.10 Å². The number of aromatic nitrogens is 3. The van der Waals surface area contributed by atoms with Crippen molar-refractivity contribution < 1.29 is 0 Å². The van der Waals surface area contributed by atoms with Crippen LogP contribution in [-0.2, 0) is 0 Å². The minimum absolute atomic E-state index is 0. The molecule has 3 rings (SSSR count). The average Bonchev–Trinajstić information content (AvgIpc) is 2.74. The first kappa shape index (κ1) is 11.9. The lowest BCUT2D eigenvalue weighted by molar-refractivity contribution is 1.12. The molecule has 0 spiro atoms. The van der Waals surface area contributed by atoms with E-state index in [4.69, 9.17) is 11.6 Å². The molecule has 3 aromatic rings. The number of benzene rings is 1. The second kappa shape index (κ2) is 4.73. The molecule has 0 aliphatic heterocycles. The molecule has 0 saturated heterocycles. The van der Waals surface area contributed by atoms with Crippen molar-refractivity contribution in [2.75, 3.05) is 0 Å². The molecule has 17 heavy (non-hydrogen) atoms. The Kier molecular flexibility index (Phi) is 3.31. The number of hydrogen-bond acceptors (Lipinski definition) is 2. The second-order valence-electron chi connectivity index (χ2n) is 3.50. The minimum Gasteiger partial charge on any atom is -0.277 e. The fraction of sp³-hybridized carbons (Fsp3) is 0. The van der Waals surface area contributed by atoms with Crippen molar-refractivity contribution in [3.8, 4) is 11.3 Å². The molecule has 0 unspecified atom stereocenters. The lowest BCUT2D eigenvalue weighted by atomic mass is 10.1. The van der Waals surface area contributed by atoms with Gasteiger partial charge in [-0.3, -0.25) is 10.1 Å². The lowest BCUT2D eigenvalue weighted by Gasteiger charge is -1.97. The van der Waals surface area contributed by atoms with Gasteiger partial charge in [0.25, 0.3) is 0 Å². The highest BCUT2D eigenvalue weighted by Crippen LogP contribution is 2.26. The quantitative estimate of drug-likeness (QED) is 0.729. The van der Waals surface area contributed by atoms with Gasteiger partial charge in [-0.05, 0) is 18.2 Å². The van der Waals surface area contributed by atoms with Gasteiger partial charge in [0.1, 0.15) is 5.69 Å². The maximum atomic E-state index is 5.85. The summed E-state index contributed by atoms with van der Waals surface area (Å²) < 4.78 is 0. The number of aromatic amines is 1. The zero-order valence-electron chi connectivity index (χ0n) is 8.72. The van der Waals surface area contributed by atoms with Crippen LogP contribution < -0.4 is 0 Å². The molecule has 1 aromatic carbocycles. The minimum atomic E-state index is 0. The molecule has 0 saturated carbocycles. The Hall–Kier alpha value is -1.58. The summed E-state index contributed by atoms with van der Waals surface area (Å²) in [4.78, 5) is 4.10. The molecule has 1 N–H and O–H groups in total. The standard InChI is InChI=1S/C12H8ClN3.ClH/c13-9-3-1-8(2-4-9)12-10-7-14-6-5-11(10)15-16-12;/h1-7H,(H,15,16);1H.